The van der Waals surface area contributed by atoms with Crippen molar-refractivity contribution in [3.05, 3.63) is 22.1 Å². The number of piperidine rings is 1. The second kappa shape index (κ2) is 5.14. The molecular formula is C12H14BrNO4. The van der Waals surface area contributed by atoms with Crippen molar-refractivity contribution >= 4 is 27.8 Å². The number of furan rings is 1. The molecule has 18 heavy (non-hydrogen) atoms. The quantitative estimate of drug-likeness (QED) is 0.910. The summed E-state index contributed by atoms with van der Waals surface area (Å²) in [5.74, 6) is -0.709. The van der Waals surface area contributed by atoms with Gasteiger partial charge in [-0.15, -0.1) is 0 Å². The van der Waals surface area contributed by atoms with Crippen LogP contribution < -0.4 is 0 Å². The lowest BCUT2D eigenvalue weighted by Crippen LogP contribution is -2.48. The summed E-state index contributed by atoms with van der Waals surface area (Å²) in [7, 11) is 0. The van der Waals surface area contributed by atoms with Crippen molar-refractivity contribution in [2.75, 3.05) is 6.54 Å². The number of hydrogen-bond acceptors (Lipinski definition) is 3. The Morgan fingerprint density at radius 3 is 2.78 bits per heavy atom. The van der Waals surface area contributed by atoms with Crippen molar-refractivity contribution in [1.82, 2.24) is 4.90 Å². The van der Waals surface area contributed by atoms with E-state index in [4.69, 9.17) is 9.52 Å². The van der Waals surface area contributed by atoms with Crippen LogP contribution in [0.1, 0.15) is 35.4 Å². The van der Waals surface area contributed by atoms with Crippen LogP contribution in [0, 0.1) is 6.92 Å². The van der Waals surface area contributed by atoms with Crippen molar-refractivity contribution in [2.45, 2.75) is 32.2 Å². The van der Waals surface area contributed by atoms with E-state index in [-0.39, 0.29) is 5.91 Å². The van der Waals surface area contributed by atoms with E-state index in [0.29, 0.717) is 29.0 Å². The number of amides is 1. The molecule has 1 amide bonds. The van der Waals surface area contributed by atoms with Crippen molar-refractivity contribution in [3.63, 3.8) is 0 Å². The van der Waals surface area contributed by atoms with E-state index in [0.717, 1.165) is 12.8 Å². The zero-order valence-corrected chi connectivity index (χ0v) is 11.6. The fraction of sp³-hybridized carbons (Fsp3) is 0.500. The lowest BCUT2D eigenvalue weighted by atomic mass is 10.0. The van der Waals surface area contributed by atoms with E-state index in [9.17, 15) is 9.59 Å². The lowest BCUT2D eigenvalue weighted by molar-refractivity contribution is -0.143. The van der Waals surface area contributed by atoms with Gasteiger partial charge in [0.05, 0.1) is 5.56 Å². The molecule has 2 rings (SSSR count). The van der Waals surface area contributed by atoms with Gasteiger partial charge in [0.2, 0.25) is 0 Å². The van der Waals surface area contributed by atoms with Crippen LogP contribution in [0.25, 0.3) is 0 Å². The van der Waals surface area contributed by atoms with Gasteiger partial charge in [0.25, 0.3) is 5.91 Å². The van der Waals surface area contributed by atoms with Crippen molar-refractivity contribution in [1.29, 1.82) is 0 Å². The Morgan fingerprint density at radius 1 is 1.50 bits per heavy atom. The molecule has 2 heterocycles. The first kappa shape index (κ1) is 13.1. The molecule has 0 bridgehead atoms. The first-order valence-electron chi connectivity index (χ1n) is 5.80. The number of hydrogen-bond donors (Lipinski definition) is 1. The molecule has 1 aliphatic heterocycles. The highest BCUT2D eigenvalue weighted by molar-refractivity contribution is 9.10. The van der Waals surface area contributed by atoms with Crippen LogP contribution >= 0.6 is 15.9 Å². The molecule has 1 aliphatic rings. The minimum Gasteiger partial charge on any atom is -0.480 e. The molecule has 1 N–H and O–H groups in total. The maximum absolute atomic E-state index is 12.3. The minimum absolute atomic E-state index is 0.269. The van der Waals surface area contributed by atoms with Gasteiger partial charge in [-0.1, -0.05) is 0 Å². The Labute approximate surface area is 113 Å². The van der Waals surface area contributed by atoms with Crippen LogP contribution in [0.2, 0.25) is 0 Å². The van der Waals surface area contributed by atoms with E-state index in [2.05, 4.69) is 15.9 Å². The number of carbonyl (C=O) groups excluding carboxylic acids is 1. The van der Waals surface area contributed by atoms with Crippen molar-refractivity contribution in [3.8, 4) is 0 Å². The number of nitrogens with zero attached hydrogens (tertiary/aromatic N) is 1. The highest BCUT2D eigenvalue weighted by Crippen LogP contribution is 2.25. The predicted octanol–water partition coefficient (Wildman–Crippen LogP) is 2.43. The van der Waals surface area contributed by atoms with E-state index in [1.54, 1.807) is 13.0 Å². The maximum atomic E-state index is 12.3. The molecule has 0 radical (unpaired) electrons. The van der Waals surface area contributed by atoms with E-state index >= 15 is 0 Å². The standard InChI is InChI=1S/C12H14BrNO4/c1-7-8(6-10(13)18-7)11(15)14-5-3-2-4-9(14)12(16)17/h6,9H,2-5H2,1H3,(H,16,17). The monoisotopic (exact) mass is 315 g/mol. The number of likely N-dealkylation sites (tertiary alicyclic amines) is 1. The molecule has 1 aromatic heterocycles. The minimum atomic E-state index is -0.941. The second-order valence-electron chi connectivity index (χ2n) is 4.37. The summed E-state index contributed by atoms with van der Waals surface area (Å²) in [6.45, 7) is 2.18. The highest BCUT2D eigenvalue weighted by Gasteiger charge is 2.33. The fourth-order valence-corrected chi connectivity index (χ4v) is 2.72. The molecule has 1 atom stereocenters. The number of carboxylic acid groups (broad SMARTS) is 1. The van der Waals surface area contributed by atoms with Crippen LogP contribution in [0.3, 0.4) is 0 Å². The molecule has 1 fully saturated rings. The largest absolute Gasteiger partial charge is 0.480 e. The SMILES string of the molecule is Cc1oc(Br)cc1C(=O)N1CCCCC1C(=O)O. The number of carbonyl (C=O) groups is 2. The number of aryl methyl sites for hydroxylation is 1. The number of carboxylic acids is 1. The smallest absolute Gasteiger partial charge is 0.326 e. The van der Waals surface area contributed by atoms with Gasteiger partial charge in [-0.05, 0) is 42.1 Å². The van der Waals surface area contributed by atoms with Crippen molar-refractivity contribution in [2.24, 2.45) is 0 Å². The van der Waals surface area contributed by atoms with Crippen molar-refractivity contribution < 1.29 is 19.1 Å². The molecule has 0 spiro atoms. The van der Waals surface area contributed by atoms with E-state index < -0.39 is 12.0 Å². The average molecular weight is 316 g/mol. The predicted molar refractivity (Wildman–Crippen MR) is 67.5 cm³/mol. The van der Waals surface area contributed by atoms with Crippen LogP contribution in [0.5, 0.6) is 0 Å². The van der Waals surface area contributed by atoms with Crippen LogP contribution in [0.4, 0.5) is 0 Å². The van der Waals surface area contributed by atoms with Gasteiger partial charge < -0.3 is 14.4 Å². The van der Waals surface area contributed by atoms with Gasteiger partial charge in [0.15, 0.2) is 4.67 Å². The summed E-state index contributed by atoms with van der Waals surface area (Å²) in [6.07, 6.45) is 2.20. The molecule has 1 saturated heterocycles. The zero-order chi connectivity index (χ0) is 13.3. The first-order valence-corrected chi connectivity index (χ1v) is 6.59. The van der Waals surface area contributed by atoms with Gasteiger partial charge >= 0.3 is 5.97 Å². The van der Waals surface area contributed by atoms with Gasteiger partial charge in [-0.3, -0.25) is 4.79 Å². The molecular weight excluding hydrogens is 302 g/mol. The number of aliphatic carboxylic acids is 1. The first-order chi connectivity index (χ1) is 8.50. The average Bonchev–Trinajstić information content (AvgIpc) is 2.67. The summed E-state index contributed by atoms with van der Waals surface area (Å²) in [5, 5.41) is 9.15. The Hall–Kier alpha value is -1.30. The molecule has 98 valence electrons. The number of rotatable bonds is 2. The summed E-state index contributed by atoms with van der Waals surface area (Å²) < 4.78 is 5.72. The second-order valence-corrected chi connectivity index (χ2v) is 5.15. The van der Waals surface area contributed by atoms with Crippen LogP contribution in [-0.2, 0) is 4.79 Å². The Kier molecular flexibility index (Phi) is 3.75. The maximum Gasteiger partial charge on any atom is 0.326 e. The summed E-state index contributed by atoms with van der Waals surface area (Å²) in [5.41, 5.74) is 0.426. The molecule has 1 aromatic rings. The molecule has 6 heteroatoms. The van der Waals surface area contributed by atoms with Gasteiger partial charge in [0.1, 0.15) is 11.8 Å². The van der Waals surface area contributed by atoms with Gasteiger partial charge in [0, 0.05) is 12.6 Å². The Morgan fingerprint density at radius 2 is 2.22 bits per heavy atom. The van der Waals surface area contributed by atoms with Gasteiger partial charge in [-0.2, -0.15) is 0 Å². The summed E-state index contributed by atoms with van der Waals surface area (Å²) in [6, 6.07) is 0.866. The summed E-state index contributed by atoms with van der Waals surface area (Å²) >= 11 is 3.17. The lowest BCUT2D eigenvalue weighted by Gasteiger charge is -2.32. The third kappa shape index (κ3) is 2.43. The summed E-state index contributed by atoms with van der Waals surface area (Å²) in [4.78, 5) is 24.9. The molecule has 5 nitrogen and oxygen atoms in total. The molecule has 1 unspecified atom stereocenters. The third-order valence-electron chi connectivity index (χ3n) is 3.17. The van der Waals surface area contributed by atoms with Gasteiger partial charge in [-0.25, -0.2) is 4.79 Å². The van der Waals surface area contributed by atoms with E-state index in [1.807, 2.05) is 0 Å². The topological polar surface area (TPSA) is 70.8 Å². The normalized spacial score (nSPS) is 19.9. The molecule has 0 saturated carbocycles. The fourth-order valence-electron chi connectivity index (χ4n) is 2.24. The molecule has 0 aromatic carbocycles. The Balaban J connectivity index is 2.26. The van der Waals surface area contributed by atoms with Crippen LogP contribution in [-0.4, -0.2) is 34.5 Å². The molecule has 0 aliphatic carbocycles. The zero-order valence-electron chi connectivity index (χ0n) is 9.98. The van der Waals surface area contributed by atoms with E-state index in [1.165, 1.54) is 4.90 Å². The Bertz CT molecular complexity index is 482. The number of halogens is 1. The highest BCUT2D eigenvalue weighted by atomic mass is 79.9. The third-order valence-corrected chi connectivity index (χ3v) is 3.56. The van der Waals surface area contributed by atoms with Crippen LogP contribution in [0.15, 0.2) is 15.2 Å².